The Labute approximate surface area is 148 Å². The summed E-state index contributed by atoms with van der Waals surface area (Å²) in [6, 6.07) is 9.18. The van der Waals surface area contributed by atoms with Crippen molar-refractivity contribution in [2.24, 2.45) is 0 Å². The van der Waals surface area contributed by atoms with Crippen molar-refractivity contribution < 1.29 is 9.50 Å². The zero-order valence-corrected chi connectivity index (χ0v) is 14.6. The number of nitrogens with zero attached hydrogens (tertiary/aromatic N) is 4. The van der Waals surface area contributed by atoms with Gasteiger partial charge in [0.2, 0.25) is 0 Å². The summed E-state index contributed by atoms with van der Waals surface area (Å²) in [6.07, 6.45) is 5.57. The summed E-state index contributed by atoms with van der Waals surface area (Å²) in [5, 5.41) is 13.6. The summed E-state index contributed by atoms with van der Waals surface area (Å²) in [4.78, 5) is 4.75. The monoisotopic (exact) mass is 346 g/mol. The normalized spacial score (nSPS) is 19.4. The van der Waals surface area contributed by atoms with Crippen molar-refractivity contribution in [1.82, 2.24) is 19.6 Å². The molecule has 1 saturated heterocycles. The lowest BCUT2D eigenvalue weighted by atomic mass is 10.1. The summed E-state index contributed by atoms with van der Waals surface area (Å²) >= 11 is 0. The smallest absolute Gasteiger partial charge is 0.127 e. The number of halogens is 1. The van der Waals surface area contributed by atoms with Crippen molar-refractivity contribution >= 4 is 0 Å². The summed E-state index contributed by atoms with van der Waals surface area (Å²) in [5.41, 5.74) is 0.734. The van der Waals surface area contributed by atoms with Gasteiger partial charge in [0.05, 0.1) is 0 Å². The third-order valence-electron chi connectivity index (χ3n) is 4.90. The Morgan fingerprint density at radius 1 is 1.16 bits per heavy atom. The first kappa shape index (κ1) is 18.0. The van der Waals surface area contributed by atoms with Crippen LogP contribution in [-0.4, -0.2) is 63.5 Å². The maximum absolute atomic E-state index is 13.9. The van der Waals surface area contributed by atoms with E-state index in [1.807, 2.05) is 29.1 Å². The van der Waals surface area contributed by atoms with E-state index >= 15 is 0 Å². The van der Waals surface area contributed by atoms with E-state index in [0.717, 1.165) is 51.1 Å². The number of aryl methyl sites for hydroxylation is 1. The number of hydrogen-bond acceptors (Lipinski definition) is 4. The number of aliphatic hydroxyl groups excluding tert-OH is 1. The molecule has 25 heavy (non-hydrogen) atoms. The van der Waals surface area contributed by atoms with Crippen LogP contribution in [0.15, 0.2) is 42.7 Å². The molecule has 6 heteroatoms. The Morgan fingerprint density at radius 2 is 2.04 bits per heavy atom. The van der Waals surface area contributed by atoms with Gasteiger partial charge in [-0.2, -0.15) is 5.10 Å². The molecular weight excluding hydrogens is 319 g/mol. The summed E-state index contributed by atoms with van der Waals surface area (Å²) < 4.78 is 15.9. The quantitative estimate of drug-likeness (QED) is 0.794. The van der Waals surface area contributed by atoms with E-state index in [0.29, 0.717) is 6.54 Å². The molecule has 5 nitrogen and oxygen atoms in total. The maximum Gasteiger partial charge on any atom is 0.127 e. The Morgan fingerprint density at radius 3 is 2.80 bits per heavy atom. The number of piperazine rings is 1. The molecule has 1 aromatic heterocycles. The average Bonchev–Trinajstić information content (AvgIpc) is 3.13. The van der Waals surface area contributed by atoms with Crippen LogP contribution < -0.4 is 0 Å². The fourth-order valence-corrected chi connectivity index (χ4v) is 3.53. The van der Waals surface area contributed by atoms with Gasteiger partial charge < -0.3 is 10.0 Å². The van der Waals surface area contributed by atoms with E-state index in [4.69, 9.17) is 0 Å². The lowest BCUT2D eigenvalue weighted by Gasteiger charge is -2.41. The Balaban J connectivity index is 1.52. The molecule has 0 amide bonds. The predicted octanol–water partition coefficient (Wildman–Crippen LogP) is 1.98. The largest absolute Gasteiger partial charge is 0.396 e. The Kier molecular flexibility index (Phi) is 6.55. The standard InChI is InChI=1S/C19H27FN4O/c20-19-6-2-1-5-17(19)15-23-13-12-22(16-18(23)7-14-25)9-4-11-24-10-3-8-21-24/h1-3,5-6,8,10,18,25H,4,7,9,11-16H2/t18-/m0/s1. The van der Waals surface area contributed by atoms with Gasteiger partial charge in [0.15, 0.2) is 0 Å². The predicted molar refractivity (Wildman–Crippen MR) is 95.6 cm³/mol. The van der Waals surface area contributed by atoms with E-state index in [1.54, 1.807) is 12.3 Å². The van der Waals surface area contributed by atoms with Crippen molar-refractivity contribution in [3.63, 3.8) is 0 Å². The minimum atomic E-state index is -0.146. The minimum absolute atomic E-state index is 0.146. The van der Waals surface area contributed by atoms with Crippen LogP contribution >= 0.6 is 0 Å². The van der Waals surface area contributed by atoms with Crippen molar-refractivity contribution in [3.05, 3.63) is 54.1 Å². The van der Waals surface area contributed by atoms with Gasteiger partial charge in [-0.3, -0.25) is 9.58 Å². The third-order valence-corrected chi connectivity index (χ3v) is 4.90. The molecule has 2 heterocycles. The van der Waals surface area contributed by atoms with E-state index in [1.165, 1.54) is 6.07 Å². The second kappa shape index (κ2) is 9.08. The van der Waals surface area contributed by atoms with Gasteiger partial charge in [-0.05, 0) is 25.0 Å². The van der Waals surface area contributed by atoms with Crippen LogP contribution in [0.25, 0.3) is 0 Å². The van der Waals surface area contributed by atoms with Crippen LogP contribution in [0, 0.1) is 5.82 Å². The molecule has 0 unspecified atom stereocenters. The number of hydrogen-bond donors (Lipinski definition) is 1. The van der Waals surface area contributed by atoms with Crippen LogP contribution in [-0.2, 0) is 13.1 Å². The average molecular weight is 346 g/mol. The first-order chi connectivity index (χ1) is 12.3. The van der Waals surface area contributed by atoms with Crippen LogP contribution in [0.5, 0.6) is 0 Å². The Bertz CT molecular complexity index is 634. The molecule has 0 radical (unpaired) electrons. The lowest BCUT2D eigenvalue weighted by Crippen LogP contribution is -2.53. The molecule has 1 aromatic carbocycles. The van der Waals surface area contributed by atoms with Crippen LogP contribution in [0.4, 0.5) is 4.39 Å². The zero-order chi connectivity index (χ0) is 17.5. The minimum Gasteiger partial charge on any atom is -0.396 e. The molecule has 1 N–H and O–H groups in total. The molecule has 3 rings (SSSR count). The zero-order valence-electron chi connectivity index (χ0n) is 14.6. The van der Waals surface area contributed by atoms with Gasteiger partial charge in [0.1, 0.15) is 5.82 Å². The molecule has 1 fully saturated rings. The van der Waals surface area contributed by atoms with Gasteiger partial charge in [-0.1, -0.05) is 18.2 Å². The number of aliphatic hydroxyl groups is 1. The lowest BCUT2D eigenvalue weighted by molar-refractivity contribution is 0.0519. The first-order valence-corrected chi connectivity index (χ1v) is 9.04. The van der Waals surface area contributed by atoms with Crippen LogP contribution in [0.2, 0.25) is 0 Å². The molecule has 1 atom stereocenters. The van der Waals surface area contributed by atoms with E-state index in [9.17, 15) is 9.50 Å². The molecule has 0 aliphatic carbocycles. The van der Waals surface area contributed by atoms with Gasteiger partial charge in [0, 0.05) is 69.9 Å². The number of rotatable bonds is 8. The molecule has 0 bridgehead atoms. The molecule has 1 aliphatic heterocycles. The maximum atomic E-state index is 13.9. The molecular formula is C19H27FN4O. The fraction of sp³-hybridized carbons (Fsp3) is 0.526. The van der Waals surface area contributed by atoms with Gasteiger partial charge >= 0.3 is 0 Å². The van der Waals surface area contributed by atoms with E-state index in [-0.39, 0.29) is 18.5 Å². The highest BCUT2D eigenvalue weighted by atomic mass is 19.1. The van der Waals surface area contributed by atoms with Crippen molar-refractivity contribution in [1.29, 1.82) is 0 Å². The third kappa shape index (κ3) is 5.11. The number of aromatic nitrogens is 2. The highest BCUT2D eigenvalue weighted by molar-refractivity contribution is 5.17. The highest BCUT2D eigenvalue weighted by Gasteiger charge is 2.26. The van der Waals surface area contributed by atoms with E-state index in [2.05, 4.69) is 14.9 Å². The molecule has 0 saturated carbocycles. The number of benzene rings is 1. The molecule has 136 valence electrons. The molecule has 1 aliphatic rings. The van der Waals surface area contributed by atoms with Gasteiger partial charge in [-0.25, -0.2) is 4.39 Å². The van der Waals surface area contributed by atoms with Gasteiger partial charge in [-0.15, -0.1) is 0 Å². The van der Waals surface area contributed by atoms with Crippen molar-refractivity contribution in [2.45, 2.75) is 32.0 Å². The Hall–Kier alpha value is -1.76. The highest BCUT2D eigenvalue weighted by Crippen LogP contribution is 2.18. The molecule has 2 aromatic rings. The second-order valence-corrected chi connectivity index (χ2v) is 6.65. The van der Waals surface area contributed by atoms with Crippen LogP contribution in [0.3, 0.4) is 0 Å². The summed E-state index contributed by atoms with van der Waals surface area (Å²) in [5.74, 6) is -0.146. The van der Waals surface area contributed by atoms with Gasteiger partial charge in [0.25, 0.3) is 0 Å². The SMILES string of the molecule is OCC[C@H]1CN(CCCn2cccn2)CCN1Cc1ccccc1F. The topological polar surface area (TPSA) is 44.5 Å². The first-order valence-electron chi connectivity index (χ1n) is 9.04. The molecule has 0 spiro atoms. The second-order valence-electron chi connectivity index (χ2n) is 6.65. The summed E-state index contributed by atoms with van der Waals surface area (Å²) in [6.45, 7) is 5.53. The van der Waals surface area contributed by atoms with Crippen LogP contribution in [0.1, 0.15) is 18.4 Å². The fourth-order valence-electron chi connectivity index (χ4n) is 3.53. The summed E-state index contributed by atoms with van der Waals surface area (Å²) in [7, 11) is 0. The van der Waals surface area contributed by atoms with Crippen molar-refractivity contribution in [3.8, 4) is 0 Å². The van der Waals surface area contributed by atoms with E-state index < -0.39 is 0 Å². The van der Waals surface area contributed by atoms with Crippen molar-refractivity contribution in [2.75, 3.05) is 32.8 Å².